The smallest absolute Gasteiger partial charge is 0.0717 e. The van der Waals surface area contributed by atoms with Gasteiger partial charge in [0.05, 0.1) is 19.3 Å². The van der Waals surface area contributed by atoms with Crippen molar-refractivity contribution in [1.82, 2.24) is 5.32 Å². The van der Waals surface area contributed by atoms with Crippen molar-refractivity contribution in [1.29, 1.82) is 0 Å². The van der Waals surface area contributed by atoms with E-state index in [1.807, 2.05) is 24.3 Å². The van der Waals surface area contributed by atoms with E-state index in [0.717, 1.165) is 13.0 Å². The van der Waals surface area contributed by atoms with Gasteiger partial charge in [-0.15, -0.1) is 0 Å². The van der Waals surface area contributed by atoms with Crippen molar-refractivity contribution in [2.24, 2.45) is 0 Å². The predicted octanol–water partition coefficient (Wildman–Crippen LogP) is 3.94. The molecule has 0 amide bonds. The van der Waals surface area contributed by atoms with Crippen LogP contribution < -0.4 is 5.32 Å². The maximum absolute atomic E-state index is 5.87. The number of ether oxygens (including phenoxy) is 1. The second-order valence-electron chi connectivity index (χ2n) is 4.92. The lowest BCUT2D eigenvalue weighted by atomic mass is 10.1. The lowest BCUT2D eigenvalue weighted by Gasteiger charge is -2.19. The fourth-order valence-electron chi connectivity index (χ4n) is 2.15. The number of hydrogen-bond acceptors (Lipinski definition) is 2. The second kappa shape index (κ2) is 8.51. The Labute approximate surface area is 121 Å². The van der Waals surface area contributed by atoms with E-state index in [1.165, 1.54) is 11.1 Å². The Balaban J connectivity index is 1.88. The van der Waals surface area contributed by atoms with E-state index in [4.69, 9.17) is 4.74 Å². The monoisotopic (exact) mass is 269 g/mol. The van der Waals surface area contributed by atoms with Gasteiger partial charge in [0.1, 0.15) is 0 Å². The van der Waals surface area contributed by atoms with Crippen molar-refractivity contribution in [3.63, 3.8) is 0 Å². The van der Waals surface area contributed by atoms with E-state index in [9.17, 15) is 0 Å². The summed E-state index contributed by atoms with van der Waals surface area (Å²) in [6.45, 7) is 4.55. The van der Waals surface area contributed by atoms with E-state index in [2.05, 4.69) is 48.6 Å². The van der Waals surface area contributed by atoms with Gasteiger partial charge >= 0.3 is 0 Å². The summed E-state index contributed by atoms with van der Waals surface area (Å²) in [5.74, 6) is 0. The third-order valence-corrected chi connectivity index (χ3v) is 3.24. The molecule has 0 spiro atoms. The molecule has 106 valence electrons. The minimum atomic E-state index is 0.264. The molecule has 20 heavy (non-hydrogen) atoms. The summed E-state index contributed by atoms with van der Waals surface area (Å²) in [7, 11) is 0. The van der Waals surface area contributed by atoms with E-state index in [-0.39, 0.29) is 6.04 Å². The molecule has 0 saturated carbocycles. The van der Waals surface area contributed by atoms with Crippen molar-refractivity contribution in [3.05, 3.63) is 71.8 Å². The lowest BCUT2D eigenvalue weighted by Crippen LogP contribution is -2.26. The Morgan fingerprint density at radius 3 is 2.25 bits per heavy atom. The zero-order valence-electron chi connectivity index (χ0n) is 12.1. The maximum atomic E-state index is 5.87. The molecule has 0 aliphatic heterocycles. The molecule has 2 aromatic rings. The van der Waals surface area contributed by atoms with Gasteiger partial charge in [0.15, 0.2) is 0 Å². The molecule has 2 rings (SSSR count). The summed E-state index contributed by atoms with van der Waals surface area (Å²) in [6, 6.07) is 21.1. The van der Waals surface area contributed by atoms with E-state index in [1.54, 1.807) is 0 Å². The average Bonchev–Trinajstić information content (AvgIpc) is 2.52. The Hall–Kier alpha value is -1.64. The van der Waals surface area contributed by atoms with Crippen LogP contribution in [0.1, 0.15) is 30.5 Å². The standard InChI is InChI=1S/C18H23NO/c1-2-13-19-18(17-11-7-4-8-12-17)15-20-14-16-9-5-3-6-10-16/h3-12,18-19H,2,13-15H2,1H3. The quantitative estimate of drug-likeness (QED) is 0.783. The van der Waals surface area contributed by atoms with Crippen molar-refractivity contribution in [2.75, 3.05) is 13.2 Å². The first kappa shape index (κ1) is 14.8. The highest BCUT2D eigenvalue weighted by Crippen LogP contribution is 2.14. The SMILES string of the molecule is CCCNC(COCc1ccccc1)c1ccccc1. The van der Waals surface area contributed by atoms with Gasteiger partial charge < -0.3 is 10.1 Å². The van der Waals surface area contributed by atoms with E-state index < -0.39 is 0 Å². The molecular formula is C18H23NO. The third-order valence-electron chi connectivity index (χ3n) is 3.24. The zero-order valence-corrected chi connectivity index (χ0v) is 12.1. The topological polar surface area (TPSA) is 21.3 Å². The molecule has 0 aromatic heterocycles. The lowest BCUT2D eigenvalue weighted by molar-refractivity contribution is 0.0986. The minimum absolute atomic E-state index is 0.264. The van der Waals surface area contributed by atoms with Crippen LogP contribution in [0.3, 0.4) is 0 Å². The summed E-state index contributed by atoms with van der Waals surface area (Å²) < 4.78 is 5.87. The van der Waals surface area contributed by atoms with Gasteiger partial charge in [0.25, 0.3) is 0 Å². The van der Waals surface area contributed by atoms with Gasteiger partial charge in [-0.2, -0.15) is 0 Å². The van der Waals surface area contributed by atoms with Gasteiger partial charge in [-0.1, -0.05) is 67.6 Å². The Bertz CT molecular complexity index is 469. The van der Waals surface area contributed by atoms with Crippen LogP contribution in [0.2, 0.25) is 0 Å². The summed E-state index contributed by atoms with van der Waals surface area (Å²) in [6.07, 6.45) is 1.13. The van der Waals surface area contributed by atoms with Gasteiger partial charge in [0.2, 0.25) is 0 Å². The largest absolute Gasteiger partial charge is 0.375 e. The predicted molar refractivity (Wildman–Crippen MR) is 83.6 cm³/mol. The van der Waals surface area contributed by atoms with Gasteiger partial charge in [-0.3, -0.25) is 0 Å². The molecule has 0 fully saturated rings. The van der Waals surface area contributed by atoms with Crippen LogP contribution >= 0.6 is 0 Å². The van der Waals surface area contributed by atoms with Crippen LogP contribution in [0, 0.1) is 0 Å². The van der Waals surface area contributed by atoms with Crippen LogP contribution in [-0.2, 0) is 11.3 Å². The Morgan fingerprint density at radius 2 is 1.60 bits per heavy atom. The van der Waals surface area contributed by atoms with Gasteiger partial charge in [0, 0.05) is 0 Å². The fraction of sp³-hybridized carbons (Fsp3) is 0.333. The molecule has 0 bridgehead atoms. The summed E-state index contributed by atoms with van der Waals surface area (Å²) in [5.41, 5.74) is 2.50. The molecule has 1 unspecified atom stereocenters. The first-order valence-corrected chi connectivity index (χ1v) is 7.30. The summed E-state index contributed by atoms with van der Waals surface area (Å²) >= 11 is 0. The number of benzene rings is 2. The number of rotatable bonds is 8. The van der Waals surface area contributed by atoms with E-state index >= 15 is 0 Å². The fourth-order valence-corrected chi connectivity index (χ4v) is 2.15. The molecule has 0 radical (unpaired) electrons. The summed E-state index contributed by atoms with van der Waals surface area (Å²) in [4.78, 5) is 0. The molecule has 0 heterocycles. The summed E-state index contributed by atoms with van der Waals surface area (Å²) in [5, 5.41) is 3.55. The highest BCUT2D eigenvalue weighted by Gasteiger charge is 2.10. The van der Waals surface area contributed by atoms with Crippen LogP contribution in [0.4, 0.5) is 0 Å². The molecular weight excluding hydrogens is 246 g/mol. The second-order valence-corrected chi connectivity index (χ2v) is 4.92. The molecule has 2 aromatic carbocycles. The highest BCUT2D eigenvalue weighted by atomic mass is 16.5. The van der Waals surface area contributed by atoms with Crippen LogP contribution in [-0.4, -0.2) is 13.2 Å². The van der Waals surface area contributed by atoms with Crippen molar-refractivity contribution in [3.8, 4) is 0 Å². The zero-order chi connectivity index (χ0) is 14.0. The first-order valence-electron chi connectivity index (χ1n) is 7.30. The number of nitrogens with one attached hydrogen (secondary N) is 1. The molecule has 2 nitrogen and oxygen atoms in total. The maximum Gasteiger partial charge on any atom is 0.0717 e. The van der Waals surface area contributed by atoms with Crippen LogP contribution in [0.15, 0.2) is 60.7 Å². The van der Waals surface area contributed by atoms with Crippen LogP contribution in [0.5, 0.6) is 0 Å². The highest BCUT2D eigenvalue weighted by molar-refractivity contribution is 5.19. The minimum Gasteiger partial charge on any atom is -0.375 e. The normalized spacial score (nSPS) is 12.2. The molecule has 0 aliphatic rings. The van der Waals surface area contributed by atoms with Crippen molar-refractivity contribution in [2.45, 2.75) is 26.0 Å². The third kappa shape index (κ3) is 4.80. The molecule has 0 saturated heterocycles. The van der Waals surface area contributed by atoms with Gasteiger partial charge in [-0.25, -0.2) is 0 Å². The van der Waals surface area contributed by atoms with Crippen molar-refractivity contribution >= 4 is 0 Å². The van der Waals surface area contributed by atoms with E-state index in [0.29, 0.717) is 13.2 Å². The van der Waals surface area contributed by atoms with Crippen molar-refractivity contribution < 1.29 is 4.74 Å². The first-order chi connectivity index (χ1) is 9.90. The Kier molecular flexibility index (Phi) is 6.28. The van der Waals surface area contributed by atoms with Crippen LogP contribution in [0.25, 0.3) is 0 Å². The molecule has 1 atom stereocenters. The Morgan fingerprint density at radius 1 is 0.950 bits per heavy atom. The number of hydrogen-bond donors (Lipinski definition) is 1. The molecule has 2 heteroatoms. The average molecular weight is 269 g/mol. The van der Waals surface area contributed by atoms with Gasteiger partial charge in [-0.05, 0) is 24.1 Å². The molecule has 1 N–H and O–H groups in total. The molecule has 0 aliphatic carbocycles.